The van der Waals surface area contributed by atoms with Gasteiger partial charge in [-0.1, -0.05) is 103 Å². The van der Waals surface area contributed by atoms with Crippen LogP contribution >= 0.6 is 0 Å². The summed E-state index contributed by atoms with van der Waals surface area (Å²) in [6.45, 7) is 0. The molecule has 218 valence electrons. The zero-order chi connectivity index (χ0) is 31.3. The largest absolute Gasteiger partial charge is 0.310 e. The summed E-state index contributed by atoms with van der Waals surface area (Å²) in [4.78, 5) is 2.28. The number of nitrogens with zero attached hydrogens (tertiary/aromatic N) is 2. The van der Waals surface area contributed by atoms with E-state index in [1.165, 1.54) is 65.3 Å². The summed E-state index contributed by atoms with van der Waals surface area (Å²) in [5, 5.41) is 19.5. The van der Waals surface area contributed by atoms with E-state index in [1.807, 2.05) is 24.3 Å². The van der Waals surface area contributed by atoms with Crippen LogP contribution in [0.1, 0.15) is 5.56 Å². The van der Waals surface area contributed by atoms with Crippen LogP contribution in [-0.2, 0) is 0 Å². The highest BCUT2D eigenvalue weighted by Crippen LogP contribution is 2.42. The van der Waals surface area contributed by atoms with Crippen LogP contribution in [0.15, 0.2) is 170 Å². The van der Waals surface area contributed by atoms with Crippen molar-refractivity contribution >= 4 is 60.2 Å². The van der Waals surface area contributed by atoms with Crippen molar-refractivity contribution in [1.29, 1.82) is 5.26 Å². The Kier molecular flexibility index (Phi) is 6.23. The third kappa shape index (κ3) is 4.57. The molecule has 0 saturated carbocycles. The van der Waals surface area contributed by atoms with E-state index in [0.29, 0.717) is 5.56 Å². The first-order valence-electron chi connectivity index (χ1n) is 15.9. The lowest BCUT2D eigenvalue weighted by Gasteiger charge is -2.27. The summed E-state index contributed by atoms with van der Waals surface area (Å²) in [6, 6.07) is 62.8. The maximum Gasteiger partial charge on any atom is 0.0991 e. The lowest BCUT2D eigenvalue weighted by Crippen LogP contribution is -2.10. The van der Waals surface area contributed by atoms with Crippen LogP contribution in [0.3, 0.4) is 0 Å². The lowest BCUT2D eigenvalue weighted by molar-refractivity contribution is 1.29. The molecule has 0 fully saturated rings. The predicted octanol–water partition coefficient (Wildman–Crippen LogP) is 12.4. The molecule has 0 amide bonds. The highest BCUT2D eigenvalue weighted by atomic mass is 15.1. The van der Waals surface area contributed by atoms with E-state index in [9.17, 15) is 5.26 Å². The summed E-state index contributed by atoms with van der Waals surface area (Å²) in [6.07, 6.45) is 0. The summed E-state index contributed by atoms with van der Waals surface area (Å²) in [7, 11) is 0. The maximum atomic E-state index is 9.43. The van der Waals surface area contributed by atoms with Gasteiger partial charge in [-0.3, -0.25) is 0 Å². The van der Waals surface area contributed by atoms with Gasteiger partial charge in [-0.25, -0.2) is 0 Å². The van der Waals surface area contributed by atoms with Gasteiger partial charge in [-0.05, 0) is 127 Å². The van der Waals surface area contributed by atoms with Crippen LogP contribution in [0, 0.1) is 11.3 Å². The van der Waals surface area contributed by atoms with Crippen molar-refractivity contribution < 1.29 is 0 Å². The SMILES string of the molecule is N#Cc1ccc(N(c2ccc(-c3cc4ccc5cc(-c6ccccc6)cc6ccc(c3)c4c56)cc2)c2cccc3ccccc23)cc1. The van der Waals surface area contributed by atoms with Crippen molar-refractivity contribution in [2.24, 2.45) is 0 Å². The molecule has 0 aliphatic rings. The Morgan fingerprint density at radius 2 is 0.872 bits per heavy atom. The topological polar surface area (TPSA) is 27.0 Å². The molecule has 9 aromatic carbocycles. The van der Waals surface area contributed by atoms with Gasteiger partial charge in [0.05, 0.1) is 17.3 Å². The van der Waals surface area contributed by atoms with Gasteiger partial charge < -0.3 is 4.90 Å². The normalized spacial score (nSPS) is 11.4. The number of hydrogen-bond donors (Lipinski definition) is 0. The smallest absolute Gasteiger partial charge is 0.0991 e. The Labute approximate surface area is 273 Å². The standard InChI is InChI=1S/C45H28N2/c46-29-30-13-21-40(22-14-30)47(43-12-6-10-33-9-4-5-11-42(33)43)41-23-19-32(20-24-41)39-27-36-17-15-34-25-38(31-7-2-1-3-8-31)26-35-16-18-37(28-39)45(36)44(34)35/h1-28H. The van der Waals surface area contributed by atoms with Crippen LogP contribution in [0.2, 0.25) is 0 Å². The zero-order valence-corrected chi connectivity index (χ0v) is 25.6. The highest BCUT2D eigenvalue weighted by Gasteiger charge is 2.16. The van der Waals surface area contributed by atoms with Gasteiger partial charge in [0.1, 0.15) is 0 Å². The number of hydrogen-bond acceptors (Lipinski definition) is 2. The first-order valence-corrected chi connectivity index (χ1v) is 15.9. The molecule has 2 heteroatoms. The number of nitriles is 1. The van der Waals surface area contributed by atoms with Crippen molar-refractivity contribution in [3.63, 3.8) is 0 Å². The summed E-state index contributed by atoms with van der Waals surface area (Å²) >= 11 is 0. The molecule has 0 aromatic heterocycles. The molecule has 0 spiro atoms. The minimum Gasteiger partial charge on any atom is -0.310 e. The van der Waals surface area contributed by atoms with Gasteiger partial charge in [0.15, 0.2) is 0 Å². The molecule has 9 rings (SSSR count). The van der Waals surface area contributed by atoms with Gasteiger partial charge in [-0.2, -0.15) is 5.26 Å². The van der Waals surface area contributed by atoms with Crippen LogP contribution < -0.4 is 4.90 Å². The number of rotatable bonds is 5. The van der Waals surface area contributed by atoms with E-state index >= 15 is 0 Å². The second-order valence-corrected chi connectivity index (χ2v) is 12.1. The minimum absolute atomic E-state index is 0.646. The first-order chi connectivity index (χ1) is 23.2. The van der Waals surface area contributed by atoms with Gasteiger partial charge in [0.25, 0.3) is 0 Å². The van der Waals surface area contributed by atoms with Crippen LogP contribution in [0.25, 0.3) is 65.3 Å². The molecule has 0 heterocycles. The van der Waals surface area contributed by atoms with E-state index in [2.05, 4.69) is 157 Å². The van der Waals surface area contributed by atoms with E-state index in [1.54, 1.807) is 0 Å². The second-order valence-electron chi connectivity index (χ2n) is 12.1. The fourth-order valence-electron chi connectivity index (χ4n) is 7.12. The minimum atomic E-state index is 0.646. The third-order valence-electron chi connectivity index (χ3n) is 9.36. The average Bonchev–Trinajstić information content (AvgIpc) is 3.14. The molecule has 0 unspecified atom stereocenters. The molecule has 2 nitrogen and oxygen atoms in total. The van der Waals surface area contributed by atoms with Crippen molar-refractivity contribution in [3.05, 3.63) is 175 Å². The molecule has 0 bridgehead atoms. The van der Waals surface area contributed by atoms with Crippen LogP contribution in [-0.4, -0.2) is 0 Å². The van der Waals surface area contributed by atoms with Crippen molar-refractivity contribution in [2.75, 3.05) is 4.90 Å². The molecule has 0 N–H and O–H groups in total. The van der Waals surface area contributed by atoms with Crippen molar-refractivity contribution in [2.45, 2.75) is 0 Å². The maximum absolute atomic E-state index is 9.43. The molecule has 47 heavy (non-hydrogen) atoms. The monoisotopic (exact) mass is 596 g/mol. The van der Waals surface area contributed by atoms with Gasteiger partial charge in [-0.15, -0.1) is 0 Å². The third-order valence-corrected chi connectivity index (χ3v) is 9.36. The molecule has 0 radical (unpaired) electrons. The number of benzene rings is 9. The summed E-state index contributed by atoms with van der Waals surface area (Å²) < 4.78 is 0. The molecular weight excluding hydrogens is 569 g/mol. The van der Waals surface area contributed by atoms with Gasteiger partial charge in [0.2, 0.25) is 0 Å². The lowest BCUT2D eigenvalue weighted by atomic mass is 9.89. The first kappa shape index (κ1) is 26.9. The Morgan fingerprint density at radius 3 is 1.45 bits per heavy atom. The Morgan fingerprint density at radius 1 is 0.383 bits per heavy atom. The fourth-order valence-corrected chi connectivity index (χ4v) is 7.12. The van der Waals surface area contributed by atoms with E-state index < -0.39 is 0 Å². The molecule has 0 atom stereocenters. The second kappa shape index (κ2) is 10.9. The van der Waals surface area contributed by atoms with E-state index in [4.69, 9.17) is 0 Å². The van der Waals surface area contributed by atoms with Gasteiger partial charge >= 0.3 is 0 Å². The summed E-state index contributed by atoms with van der Waals surface area (Å²) in [5.41, 5.74) is 8.66. The molecule has 0 saturated heterocycles. The Bertz CT molecular complexity index is 2540. The number of fused-ring (bicyclic) bond motifs is 1. The average molecular weight is 597 g/mol. The number of anilines is 3. The predicted molar refractivity (Wildman–Crippen MR) is 198 cm³/mol. The zero-order valence-electron chi connectivity index (χ0n) is 25.6. The highest BCUT2D eigenvalue weighted by molar-refractivity contribution is 6.24. The molecular formula is C45H28N2. The summed E-state index contributed by atoms with van der Waals surface area (Å²) in [5.74, 6) is 0. The van der Waals surface area contributed by atoms with E-state index in [0.717, 1.165) is 17.1 Å². The molecule has 9 aromatic rings. The fraction of sp³-hybridized carbons (Fsp3) is 0. The van der Waals surface area contributed by atoms with Crippen LogP contribution in [0.5, 0.6) is 0 Å². The van der Waals surface area contributed by atoms with Crippen LogP contribution in [0.4, 0.5) is 17.1 Å². The Balaban J connectivity index is 1.14. The van der Waals surface area contributed by atoms with Crippen molar-refractivity contribution in [3.8, 4) is 28.3 Å². The van der Waals surface area contributed by atoms with Gasteiger partial charge in [0, 0.05) is 16.8 Å². The molecule has 0 aliphatic carbocycles. The van der Waals surface area contributed by atoms with E-state index in [-0.39, 0.29) is 0 Å². The van der Waals surface area contributed by atoms with Crippen molar-refractivity contribution in [1.82, 2.24) is 0 Å². The quantitative estimate of drug-likeness (QED) is 0.185. The Hall–Kier alpha value is -6.43. The molecule has 0 aliphatic heterocycles.